The first-order valence-electron chi connectivity index (χ1n) is 4.44. The molecule has 1 aromatic carbocycles. The van der Waals surface area contributed by atoms with Gasteiger partial charge in [0, 0.05) is 17.8 Å². The second-order valence-electron chi connectivity index (χ2n) is 3.13. The second kappa shape index (κ2) is 3.77. The van der Waals surface area contributed by atoms with Crippen molar-refractivity contribution in [3.05, 3.63) is 29.3 Å². The van der Waals surface area contributed by atoms with E-state index >= 15 is 0 Å². The molecule has 13 heavy (non-hydrogen) atoms. The van der Waals surface area contributed by atoms with Crippen LogP contribution < -0.4 is 5.32 Å². The van der Waals surface area contributed by atoms with Gasteiger partial charge in [0.2, 0.25) is 0 Å². The summed E-state index contributed by atoms with van der Waals surface area (Å²) in [5.41, 5.74) is 3.19. The topological polar surface area (TPSA) is 41.5 Å². The summed E-state index contributed by atoms with van der Waals surface area (Å²) < 4.78 is 5.38. The zero-order valence-electron chi connectivity index (χ0n) is 7.42. The molecule has 2 N–H and O–H groups in total. The Morgan fingerprint density at radius 2 is 2.38 bits per heavy atom. The lowest BCUT2D eigenvalue weighted by Gasteiger charge is -2.07. The van der Waals surface area contributed by atoms with Gasteiger partial charge < -0.3 is 15.2 Å². The third-order valence-corrected chi connectivity index (χ3v) is 2.17. The van der Waals surface area contributed by atoms with E-state index in [1.807, 2.05) is 18.2 Å². The molecule has 2 rings (SSSR count). The molecule has 1 aliphatic heterocycles. The number of fused-ring (bicyclic) bond motifs is 1. The number of hydrogen-bond donors (Lipinski definition) is 2. The lowest BCUT2D eigenvalue weighted by molar-refractivity contribution is 0.134. The smallest absolute Gasteiger partial charge is 0.0737 e. The normalized spacial score (nSPS) is 15.8. The van der Waals surface area contributed by atoms with Gasteiger partial charge in [-0.1, -0.05) is 6.07 Å². The van der Waals surface area contributed by atoms with Gasteiger partial charge in [-0.15, -0.1) is 0 Å². The Hall–Kier alpha value is -1.06. The summed E-state index contributed by atoms with van der Waals surface area (Å²) in [6.45, 7) is 2.32. The summed E-state index contributed by atoms with van der Waals surface area (Å²) in [6, 6.07) is 5.90. The lowest BCUT2D eigenvalue weighted by Crippen LogP contribution is -2.04. The van der Waals surface area contributed by atoms with Crippen LogP contribution in [0.15, 0.2) is 18.2 Å². The maximum atomic E-state index is 8.95. The van der Waals surface area contributed by atoms with E-state index in [-0.39, 0.29) is 6.61 Å². The van der Waals surface area contributed by atoms with Crippen LogP contribution >= 0.6 is 0 Å². The van der Waals surface area contributed by atoms with Crippen molar-refractivity contribution in [1.82, 2.24) is 0 Å². The van der Waals surface area contributed by atoms with Gasteiger partial charge in [-0.05, 0) is 17.7 Å². The van der Waals surface area contributed by atoms with Crippen LogP contribution in [-0.2, 0) is 18.0 Å². The number of rotatable bonds is 1. The predicted octanol–water partition coefficient (Wildman–Crippen LogP) is 1.12. The Balaban J connectivity index is 2.32. The van der Waals surface area contributed by atoms with Crippen LogP contribution in [0, 0.1) is 0 Å². The third-order valence-electron chi connectivity index (χ3n) is 2.17. The fourth-order valence-corrected chi connectivity index (χ4v) is 1.48. The number of benzene rings is 1. The molecule has 0 saturated heterocycles. The molecule has 1 heterocycles. The first-order valence-corrected chi connectivity index (χ1v) is 4.44. The SMILES string of the molecule is OCc1ccc2c(c1)COCCN2. The number of hydrogen-bond acceptors (Lipinski definition) is 3. The molecule has 1 aromatic rings. The molecular weight excluding hydrogens is 166 g/mol. The van der Waals surface area contributed by atoms with E-state index < -0.39 is 0 Å². The van der Waals surface area contributed by atoms with Crippen molar-refractivity contribution in [2.45, 2.75) is 13.2 Å². The minimum atomic E-state index is 0.0906. The summed E-state index contributed by atoms with van der Waals surface area (Å²) in [5, 5.41) is 12.2. The van der Waals surface area contributed by atoms with Gasteiger partial charge in [0.25, 0.3) is 0 Å². The fourth-order valence-electron chi connectivity index (χ4n) is 1.48. The standard InChI is InChI=1S/C10H13NO2/c12-6-8-1-2-10-9(5-8)7-13-4-3-11-10/h1-2,5,11-12H,3-4,6-7H2. The lowest BCUT2D eigenvalue weighted by atomic mass is 10.1. The van der Waals surface area contributed by atoms with Gasteiger partial charge in [0.15, 0.2) is 0 Å². The molecule has 0 spiro atoms. The molecule has 70 valence electrons. The Labute approximate surface area is 77.3 Å². The number of anilines is 1. The van der Waals surface area contributed by atoms with Crippen molar-refractivity contribution < 1.29 is 9.84 Å². The van der Waals surface area contributed by atoms with Crippen LogP contribution in [0.4, 0.5) is 5.69 Å². The van der Waals surface area contributed by atoms with Crippen molar-refractivity contribution in [3.8, 4) is 0 Å². The van der Waals surface area contributed by atoms with E-state index in [4.69, 9.17) is 9.84 Å². The molecule has 0 unspecified atom stereocenters. The van der Waals surface area contributed by atoms with Gasteiger partial charge in [-0.3, -0.25) is 0 Å². The molecule has 0 saturated carbocycles. The van der Waals surface area contributed by atoms with Crippen molar-refractivity contribution in [2.75, 3.05) is 18.5 Å². The van der Waals surface area contributed by atoms with E-state index in [0.717, 1.165) is 30.0 Å². The molecule has 0 fully saturated rings. The first-order chi connectivity index (χ1) is 6.40. The summed E-state index contributed by atoms with van der Waals surface area (Å²) in [7, 11) is 0. The molecule has 0 aromatic heterocycles. The van der Waals surface area contributed by atoms with Crippen LogP contribution in [0.5, 0.6) is 0 Å². The van der Waals surface area contributed by atoms with E-state index in [1.54, 1.807) is 0 Å². The fraction of sp³-hybridized carbons (Fsp3) is 0.400. The van der Waals surface area contributed by atoms with Crippen molar-refractivity contribution >= 4 is 5.69 Å². The average Bonchev–Trinajstić information content (AvgIpc) is 2.41. The van der Waals surface area contributed by atoms with Crippen LogP contribution in [0.3, 0.4) is 0 Å². The van der Waals surface area contributed by atoms with E-state index in [1.165, 1.54) is 0 Å². The summed E-state index contributed by atoms with van der Waals surface area (Å²) in [6.07, 6.45) is 0. The minimum absolute atomic E-state index is 0.0906. The highest BCUT2D eigenvalue weighted by Gasteiger charge is 2.07. The van der Waals surface area contributed by atoms with Gasteiger partial charge in [-0.25, -0.2) is 0 Å². The maximum absolute atomic E-state index is 8.95. The molecule has 0 bridgehead atoms. The molecular formula is C10H13NO2. The number of ether oxygens (including phenoxy) is 1. The van der Waals surface area contributed by atoms with E-state index in [2.05, 4.69) is 5.32 Å². The van der Waals surface area contributed by atoms with Gasteiger partial charge in [0.1, 0.15) is 0 Å². The zero-order chi connectivity index (χ0) is 9.10. The number of nitrogens with one attached hydrogen (secondary N) is 1. The number of aliphatic hydroxyl groups is 1. The Bertz CT molecular complexity index is 299. The summed E-state index contributed by atoms with van der Waals surface area (Å²) >= 11 is 0. The van der Waals surface area contributed by atoms with Gasteiger partial charge in [0.05, 0.1) is 19.8 Å². The van der Waals surface area contributed by atoms with Crippen molar-refractivity contribution in [3.63, 3.8) is 0 Å². The second-order valence-corrected chi connectivity index (χ2v) is 3.13. The van der Waals surface area contributed by atoms with Crippen LogP contribution in [0.1, 0.15) is 11.1 Å². The average molecular weight is 179 g/mol. The highest BCUT2D eigenvalue weighted by molar-refractivity contribution is 5.52. The molecule has 0 atom stereocenters. The Morgan fingerprint density at radius 1 is 1.46 bits per heavy atom. The third kappa shape index (κ3) is 1.82. The van der Waals surface area contributed by atoms with Crippen LogP contribution in [-0.4, -0.2) is 18.3 Å². The van der Waals surface area contributed by atoms with E-state index in [9.17, 15) is 0 Å². The molecule has 3 heteroatoms. The first kappa shape index (κ1) is 8.53. The predicted molar refractivity (Wildman–Crippen MR) is 50.5 cm³/mol. The highest BCUT2D eigenvalue weighted by Crippen LogP contribution is 2.20. The molecule has 3 nitrogen and oxygen atoms in total. The largest absolute Gasteiger partial charge is 0.392 e. The highest BCUT2D eigenvalue weighted by atomic mass is 16.5. The summed E-state index contributed by atoms with van der Waals surface area (Å²) in [5.74, 6) is 0. The van der Waals surface area contributed by atoms with Crippen LogP contribution in [0.25, 0.3) is 0 Å². The molecule has 0 amide bonds. The summed E-state index contributed by atoms with van der Waals surface area (Å²) in [4.78, 5) is 0. The molecule has 0 radical (unpaired) electrons. The zero-order valence-corrected chi connectivity index (χ0v) is 7.42. The Morgan fingerprint density at radius 3 is 3.23 bits per heavy atom. The monoisotopic (exact) mass is 179 g/mol. The van der Waals surface area contributed by atoms with Gasteiger partial charge in [-0.2, -0.15) is 0 Å². The van der Waals surface area contributed by atoms with E-state index in [0.29, 0.717) is 6.61 Å². The maximum Gasteiger partial charge on any atom is 0.0737 e. The van der Waals surface area contributed by atoms with Crippen molar-refractivity contribution in [1.29, 1.82) is 0 Å². The van der Waals surface area contributed by atoms with Crippen LogP contribution in [0.2, 0.25) is 0 Å². The van der Waals surface area contributed by atoms with Crippen molar-refractivity contribution in [2.24, 2.45) is 0 Å². The minimum Gasteiger partial charge on any atom is -0.392 e. The quantitative estimate of drug-likeness (QED) is 0.678. The van der Waals surface area contributed by atoms with Gasteiger partial charge >= 0.3 is 0 Å². The number of aliphatic hydroxyl groups excluding tert-OH is 1. The molecule has 1 aliphatic rings. The molecule has 0 aliphatic carbocycles. The Kier molecular flexibility index (Phi) is 2.47.